The summed E-state index contributed by atoms with van der Waals surface area (Å²) in [6.45, 7) is 5.56. The first-order valence-corrected chi connectivity index (χ1v) is 5.76. The van der Waals surface area contributed by atoms with E-state index in [2.05, 4.69) is 45.4 Å². The third-order valence-corrected chi connectivity index (χ3v) is 3.30. The summed E-state index contributed by atoms with van der Waals surface area (Å²) in [6, 6.07) is 0. The van der Waals surface area contributed by atoms with E-state index < -0.39 is 5.97 Å². The molecule has 0 atom stereocenters. The summed E-state index contributed by atoms with van der Waals surface area (Å²) < 4.78 is -0.132. The second-order valence-electron chi connectivity index (χ2n) is 3.01. The number of hydrogen-bond donors (Lipinski definition) is 1. The third kappa shape index (κ3) is 6.27. The summed E-state index contributed by atoms with van der Waals surface area (Å²) >= 11 is 7.00. The van der Waals surface area contributed by atoms with Gasteiger partial charge in [-0.25, -0.2) is 4.79 Å². The highest BCUT2D eigenvalue weighted by atomic mass is 79.9. The van der Waals surface area contributed by atoms with E-state index in [9.17, 15) is 4.79 Å². The van der Waals surface area contributed by atoms with Crippen LogP contribution in [0.2, 0.25) is 0 Å². The number of halogens is 2. The summed E-state index contributed by atoms with van der Waals surface area (Å²) in [7, 11) is 0. The quantitative estimate of drug-likeness (QED) is 0.600. The van der Waals surface area contributed by atoms with Crippen molar-refractivity contribution >= 4 is 37.8 Å². The van der Waals surface area contributed by atoms with E-state index in [1.54, 1.807) is 0 Å². The highest BCUT2D eigenvalue weighted by molar-refractivity contribution is 9.25. The van der Waals surface area contributed by atoms with E-state index in [1.807, 2.05) is 0 Å². The van der Waals surface area contributed by atoms with Gasteiger partial charge in [0.15, 0.2) is 0 Å². The van der Waals surface area contributed by atoms with Crippen molar-refractivity contribution in [2.75, 3.05) is 0 Å². The molecule has 13 heavy (non-hydrogen) atoms. The van der Waals surface area contributed by atoms with Crippen molar-refractivity contribution in [3.8, 4) is 0 Å². The summed E-state index contributed by atoms with van der Waals surface area (Å²) in [4.78, 5) is 10.4. The van der Waals surface area contributed by atoms with Gasteiger partial charge in [-0.1, -0.05) is 51.8 Å². The number of rotatable bonds is 6. The van der Waals surface area contributed by atoms with Gasteiger partial charge in [0.05, 0.1) is 3.23 Å². The molecule has 0 bridgehead atoms. The van der Waals surface area contributed by atoms with Crippen LogP contribution in [-0.2, 0) is 4.79 Å². The Balaban J connectivity index is 3.87. The molecule has 76 valence electrons. The summed E-state index contributed by atoms with van der Waals surface area (Å²) in [6.07, 6.45) is 3.27. The maximum atomic E-state index is 10.4. The molecule has 0 aliphatic heterocycles. The summed E-state index contributed by atoms with van der Waals surface area (Å²) in [5.41, 5.74) is 0.263. The Kier molecular flexibility index (Phi) is 5.88. The minimum atomic E-state index is -0.910. The van der Waals surface area contributed by atoms with E-state index in [1.165, 1.54) is 0 Å². The molecule has 0 aromatic carbocycles. The van der Waals surface area contributed by atoms with Crippen LogP contribution in [0.1, 0.15) is 32.6 Å². The van der Waals surface area contributed by atoms with Crippen LogP contribution in [0, 0.1) is 0 Å². The second kappa shape index (κ2) is 5.81. The molecule has 0 fully saturated rings. The zero-order valence-corrected chi connectivity index (χ0v) is 10.8. The molecule has 4 heteroatoms. The van der Waals surface area contributed by atoms with Gasteiger partial charge >= 0.3 is 5.97 Å². The molecule has 0 spiro atoms. The number of carboxylic acids is 1. The Morgan fingerprint density at radius 1 is 1.46 bits per heavy atom. The molecule has 0 unspecified atom stereocenters. The molecule has 0 heterocycles. The predicted octanol–water partition coefficient (Wildman–Crippen LogP) is 3.69. The Hall–Kier alpha value is 0.170. The molecular formula is C9H14Br2O2. The van der Waals surface area contributed by atoms with Crippen LogP contribution in [0.15, 0.2) is 12.2 Å². The molecule has 0 amide bonds. The second-order valence-corrected chi connectivity index (χ2v) is 7.11. The smallest absolute Gasteiger partial charge is 0.330 e. The van der Waals surface area contributed by atoms with Crippen LogP contribution < -0.4 is 0 Å². The molecule has 0 radical (unpaired) electrons. The predicted molar refractivity (Wildman–Crippen MR) is 61.5 cm³/mol. The van der Waals surface area contributed by atoms with E-state index in [4.69, 9.17) is 5.11 Å². The molecule has 0 rings (SSSR count). The summed E-state index contributed by atoms with van der Waals surface area (Å²) in [5, 5.41) is 8.58. The summed E-state index contributed by atoms with van der Waals surface area (Å²) in [5.74, 6) is -0.910. The van der Waals surface area contributed by atoms with Crippen LogP contribution in [0.5, 0.6) is 0 Å². The highest BCUT2D eigenvalue weighted by Crippen LogP contribution is 2.37. The van der Waals surface area contributed by atoms with E-state index in [0.717, 1.165) is 19.3 Å². The van der Waals surface area contributed by atoms with Crippen LogP contribution in [0.3, 0.4) is 0 Å². The fourth-order valence-corrected chi connectivity index (χ4v) is 2.12. The Morgan fingerprint density at radius 2 is 2.00 bits per heavy atom. The zero-order chi connectivity index (χ0) is 10.5. The molecule has 0 aromatic rings. The minimum absolute atomic E-state index is 0.132. The maximum Gasteiger partial charge on any atom is 0.330 e. The molecule has 0 aliphatic carbocycles. The van der Waals surface area contributed by atoms with Crippen LogP contribution in [0.25, 0.3) is 0 Å². The zero-order valence-electron chi connectivity index (χ0n) is 7.65. The van der Waals surface area contributed by atoms with Crippen LogP contribution in [-0.4, -0.2) is 14.3 Å². The third-order valence-electron chi connectivity index (χ3n) is 1.71. The van der Waals surface area contributed by atoms with Crippen molar-refractivity contribution < 1.29 is 9.90 Å². The van der Waals surface area contributed by atoms with Gasteiger partial charge in [-0.05, 0) is 19.3 Å². The lowest BCUT2D eigenvalue weighted by atomic mass is 10.1. The van der Waals surface area contributed by atoms with Crippen LogP contribution in [0.4, 0.5) is 0 Å². The minimum Gasteiger partial charge on any atom is -0.478 e. The largest absolute Gasteiger partial charge is 0.478 e. The van der Waals surface area contributed by atoms with E-state index in [-0.39, 0.29) is 8.81 Å². The average Bonchev–Trinajstić information content (AvgIpc) is 2.00. The van der Waals surface area contributed by atoms with Gasteiger partial charge in [-0.15, -0.1) is 0 Å². The van der Waals surface area contributed by atoms with Gasteiger partial charge in [-0.2, -0.15) is 0 Å². The first kappa shape index (κ1) is 13.2. The molecule has 2 nitrogen and oxygen atoms in total. The lowest BCUT2D eigenvalue weighted by Crippen LogP contribution is -2.12. The topological polar surface area (TPSA) is 37.3 Å². The van der Waals surface area contributed by atoms with E-state index >= 15 is 0 Å². The Bertz CT molecular complexity index is 200. The van der Waals surface area contributed by atoms with Crippen molar-refractivity contribution in [1.82, 2.24) is 0 Å². The monoisotopic (exact) mass is 312 g/mol. The lowest BCUT2D eigenvalue weighted by molar-refractivity contribution is -0.132. The van der Waals surface area contributed by atoms with Gasteiger partial charge in [0.25, 0.3) is 0 Å². The van der Waals surface area contributed by atoms with Crippen molar-refractivity contribution in [2.24, 2.45) is 0 Å². The standard InChI is InChI=1S/C9H14Br2O2/c1-3-5-9(10,11)6-4-7(2)8(12)13/h2-6H2,1H3,(H,12,13). The molecule has 1 N–H and O–H groups in total. The molecule has 0 saturated heterocycles. The van der Waals surface area contributed by atoms with Gasteiger partial charge in [0.1, 0.15) is 0 Å². The first-order valence-electron chi connectivity index (χ1n) is 4.18. The maximum absolute atomic E-state index is 10.4. The SMILES string of the molecule is C=C(CCC(Br)(Br)CCC)C(=O)O. The van der Waals surface area contributed by atoms with Gasteiger partial charge in [0, 0.05) is 5.57 Å². The highest BCUT2D eigenvalue weighted by Gasteiger charge is 2.22. The van der Waals surface area contributed by atoms with Crippen molar-refractivity contribution in [3.05, 3.63) is 12.2 Å². The Labute approximate surface area is 95.7 Å². The normalized spacial score (nSPS) is 11.3. The van der Waals surface area contributed by atoms with Crippen molar-refractivity contribution in [1.29, 1.82) is 0 Å². The number of carboxylic acid groups (broad SMARTS) is 1. The van der Waals surface area contributed by atoms with Crippen molar-refractivity contribution in [2.45, 2.75) is 35.8 Å². The molecule has 0 aromatic heterocycles. The molecule has 0 aliphatic rings. The number of carbonyl (C=O) groups is 1. The van der Waals surface area contributed by atoms with E-state index in [0.29, 0.717) is 6.42 Å². The van der Waals surface area contributed by atoms with Gasteiger partial charge < -0.3 is 5.11 Å². The molecule has 0 saturated carbocycles. The fourth-order valence-electron chi connectivity index (χ4n) is 0.931. The van der Waals surface area contributed by atoms with Crippen molar-refractivity contribution in [3.63, 3.8) is 0 Å². The first-order chi connectivity index (χ1) is 5.89. The molecular weight excluding hydrogens is 300 g/mol. The number of aliphatic carboxylic acids is 1. The Morgan fingerprint density at radius 3 is 2.38 bits per heavy atom. The number of hydrogen-bond acceptors (Lipinski definition) is 1. The lowest BCUT2D eigenvalue weighted by Gasteiger charge is -2.19. The fraction of sp³-hybridized carbons (Fsp3) is 0.667. The van der Waals surface area contributed by atoms with Gasteiger partial charge in [0.2, 0.25) is 0 Å². The van der Waals surface area contributed by atoms with Gasteiger partial charge in [-0.3, -0.25) is 0 Å². The number of alkyl halides is 2. The van der Waals surface area contributed by atoms with Crippen LogP contribution >= 0.6 is 31.9 Å². The average molecular weight is 314 g/mol.